The number of halogens is 3. The van der Waals surface area contributed by atoms with Crippen molar-refractivity contribution >= 4 is 17.7 Å². The zero-order valence-electron chi connectivity index (χ0n) is 12.0. The van der Waals surface area contributed by atoms with E-state index >= 15 is 0 Å². The van der Waals surface area contributed by atoms with Gasteiger partial charge >= 0.3 is 6.18 Å². The van der Waals surface area contributed by atoms with Crippen LogP contribution in [0.3, 0.4) is 0 Å². The number of amides is 1. The molecule has 0 aromatic rings. The summed E-state index contributed by atoms with van der Waals surface area (Å²) in [6.45, 7) is 2.00. The van der Waals surface area contributed by atoms with Crippen LogP contribution in [-0.2, 0) is 4.79 Å². The zero-order valence-corrected chi connectivity index (χ0v) is 12.9. The van der Waals surface area contributed by atoms with E-state index in [1.54, 1.807) is 11.8 Å². The Labute approximate surface area is 127 Å². The molecule has 21 heavy (non-hydrogen) atoms. The van der Waals surface area contributed by atoms with Gasteiger partial charge in [0.25, 0.3) is 0 Å². The molecular formula is C14H23F3N2OS. The molecule has 2 N–H and O–H groups in total. The maximum atomic E-state index is 12.6. The molecule has 0 spiro atoms. The Morgan fingerprint density at radius 3 is 2.29 bits per heavy atom. The van der Waals surface area contributed by atoms with Crippen LogP contribution in [0, 0.1) is 5.92 Å². The van der Waals surface area contributed by atoms with Gasteiger partial charge in [-0.3, -0.25) is 4.79 Å². The highest BCUT2D eigenvalue weighted by Crippen LogP contribution is 2.37. The fourth-order valence-electron chi connectivity index (χ4n) is 2.99. The summed E-state index contributed by atoms with van der Waals surface area (Å²) in [6, 6.07) is -0.0790. The summed E-state index contributed by atoms with van der Waals surface area (Å²) in [7, 11) is 0. The van der Waals surface area contributed by atoms with E-state index in [2.05, 4.69) is 10.6 Å². The number of carbonyl (C=O) groups excluding carboxylic acids is 1. The van der Waals surface area contributed by atoms with E-state index in [1.807, 2.05) is 0 Å². The van der Waals surface area contributed by atoms with Crippen molar-refractivity contribution in [3.63, 3.8) is 0 Å². The fraction of sp³-hybridized carbons (Fsp3) is 0.929. The minimum atomic E-state index is -4.08. The third-order valence-corrected chi connectivity index (χ3v) is 5.66. The number of carbonyl (C=O) groups is 1. The summed E-state index contributed by atoms with van der Waals surface area (Å²) < 4.78 is 37.7. The molecule has 2 fully saturated rings. The van der Waals surface area contributed by atoms with Crippen molar-refractivity contribution in [1.29, 1.82) is 0 Å². The summed E-state index contributed by atoms with van der Waals surface area (Å²) in [5.41, 5.74) is 0. The molecule has 1 aliphatic heterocycles. The van der Waals surface area contributed by atoms with Crippen LogP contribution < -0.4 is 10.6 Å². The molecule has 2 rings (SSSR count). The van der Waals surface area contributed by atoms with Crippen LogP contribution in [0.4, 0.5) is 13.2 Å². The molecule has 7 heteroatoms. The molecule has 1 saturated carbocycles. The predicted molar refractivity (Wildman–Crippen MR) is 78.3 cm³/mol. The molecule has 3 nitrogen and oxygen atoms in total. The van der Waals surface area contributed by atoms with E-state index in [1.165, 1.54) is 0 Å². The van der Waals surface area contributed by atoms with Gasteiger partial charge in [0.05, 0.1) is 11.7 Å². The van der Waals surface area contributed by atoms with Gasteiger partial charge in [0, 0.05) is 11.3 Å². The first-order chi connectivity index (χ1) is 9.95. The molecule has 2 aliphatic rings. The summed E-state index contributed by atoms with van der Waals surface area (Å²) in [5, 5.41) is 6.69. The maximum Gasteiger partial charge on any atom is 0.391 e. The average molecular weight is 324 g/mol. The molecule has 1 aliphatic carbocycles. The Morgan fingerprint density at radius 2 is 1.71 bits per heavy atom. The number of piperidine rings is 1. The average Bonchev–Trinajstić information content (AvgIpc) is 2.46. The first-order valence-electron chi connectivity index (χ1n) is 7.63. The quantitative estimate of drug-likeness (QED) is 0.835. The van der Waals surface area contributed by atoms with Gasteiger partial charge < -0.3 is 10.6 Å². The van der Waals surface area contributed by atoms with Crippen LogP contribution in [0.25, 0.3) is 0 Å². The van der Waals surface area contributed by atoms with Gasteiger partial charge in [0.1, 0.15) is 0 Å². The van der Waals surface area contributed by atoms with Gasteiger partial charge in [0.2, 0.25) is 5.91 Å². The highest BCUT2D eigenvalue weighted by Gasteiger charge is 2.41. The van der Waals surface area contributed by atoms with E-state index in [-0.39, 0.29) is 24.8 Å². The molecule has 0 unspecified atom stereocenters. The summed E-state index contributed by atoms with van der Waals surface area (Å²) in [4.78, 5) is 11.9. The molecule has 0 aromatic carbocycles. The van der Waals surface area contributed by atoms with E-state index in [0.29, 0.717) is 23.8 Å². The largest absolute Gasteiger partial charge is 0.391 e. The van der Waals surface area contributed by atoms with Crippen molar-refractivity contribution in [2.24, 2.45) is 5.92 Å². The number of nitrogens with one attached hydrogen (secondary N) is 2. The minimum Gasteiger partial charge on any atom is -0.353 e. The van der Waals surface area contributed by atoms with Crippen molar-refractivity contribution in [2.45, 2.75) is 56.0 Å². The Bertz CT molecular complexity index is 338. The molecule has 1 heterocycles. The van der Waals surface area contributed by atoms with Crippen LogP contribution >= 0.6 is 11.8 Å². The molecule has 0 radical (unpaired) electrons. The van der Waals surface area contributed by atoms with Crippen LogP contribution in [0.5, 0.6) is 0 Å². The second-order valence-corrected chi connectivity index (χ2v) is 7.21. The van der Waals surface area contributed by atoms with Crippen LogP contribution in [-0.4, -0.2) is 42.2 Å². The summed E-state index contributed by atoms with van der Waals surface area (Å²) in [5.74, 6) is -0.798. The SMILES string of the molecule is O=C(CSC1CCNCC1)NC1CCC(C(F)(F)F)CC1. The lowest BCUT2D eigenvalue weighted by Gasteiger charge is -2.30. The molecule has 122 valence electrons. The Balaban J connectivity index is 1.62. The number of thioether (sulfide) groups is 1. The highest BCUT2D eigenvalue weighted by atomic mass is 32.2. The number of hydrogen-bond acceptors (Lipinski definition) is 3. The lowest BCUT2D eigenvalue weighted by Crippen LogP contribution is -2.41. The topological polar surface area (TPSA) is 41.1 Å². The number of rotatable bonds is 4. The second-order valence-electron chi connectivity index (χ2n) is 5.92. The fourth-order valence-corrected chi connectivity index (χ4v) is 4.03. The molecule has 0 atom stereocenters. The van der Waals surface area contributed by atoms with Gasteiger partial charge in [0.15, 0.2) is 0 Å². The van der Waals surface area contributed by atoms with Crippen LogP contribution in [0.1, 0.15) is 38.5 Å². The maximum absolute atomic E-state index is 12.6. The van der Waals surface area contributed by atoms with Crippen molar-refractivity contribution in [2.75, 3.05) is 18.8 Å². The van der Waals surface area contributed by atoms with E-state index < -0.39 is 12.1 Å². The monoisotopic (exact) mass is 324 g/mol. The van der Waals surface area contributed by atoms with Crippen molar-refractivity contribution in [3.8, 4) is 0 Å². The van der Waals surface area contributed by atoms with Crippen molar-refractivity contribution < 1.29 is 18.0 Å². The summed E-state index contributed by atoms with van der Waals surface area (Å²) >= 11 is 1.67. The molecule has 0 aromatic heterocycles. The first-order valence-corrected chi connectivity index (χ1v) is 8.68. The van der Waals surface area contributed by atoms with Crippen molar-refractivity contribution in [1.82, 2.24) is 10.6 Å². The van der Waals surface area contributed by atoms with E-state index in [0.717, 1.165) is 25.9 Å². The Morgan fingerprint density at radius 1 is 1.10 bits per heavy atom. The molecule has 0 bridgehead atoms. The Hall–Kier alpha value is -0.430. The first kappa shape index (κ1) is 16.9. The van der Waals surface area contributed by atoms with Gasteiger partial charge in [-0.1, -0.05) is 0 Å². The third kappa shape index (κ3) is 5.70. The van der Waals surface area contributed by atoms with Gasteiger partial charge in [-0.05, 0) is 51.6 Å². The molecule has 1 amide bonds. The standard InChI is InChI=1S/C14H23F3N2OS/c15-14(16,17)10-1-3-11(4-2-10)19-13(20)9-21-12-5-7-18-8-6-12/h10-12,18H,1-9H2,(H,19,20). The van der Waals surface area contributed by atoms with Crippen LogP contribution in [0.2, 0.25) is 0 Å². The van der Waals surface area contributed by atoms with E-state index in [4.69, 9.17) is 0 Å². The van der Waals surface area contributed by atoms with Gasteiger partial charge in [-0.25, -0.2) is 0 Å². The Kier molecular flexibility index (Phi) is 6.22. The summed E-state index contributed by atoms with van der Waals surface area (Å²) in [6.07, 6.45) is -0.781. The van der Waals surface area contributed by atoms with Gasteiger partial charge in [-0.2, -0.15) is 13.2 Å². The predicted octanol–water partition coefficient (Wildman–Crippen LogP) is 2.71. The van der Waals surface area contributed by atoms with Gasteiger partial charge in [-0.15, -0.1) is 11.8 Å². The lowest BCUT2D eigenvalue weighted by atomic mass is 9.85. The zero-order chi connectivity index (χ0) is 15.3. The molecular weight excluding hydrogens is 301 g/mol. The number of hydrogen-bond donors (Lipinski definition) is 2. The lowest BCUT2D eigenvalue weighted by molar-refractivity contribution is -0.182. The van der Waals surface area contributed by atoms with Crippen LogP contribution in [0.15, 0.2) is 0 Å². The second kappa shape index (κ2) is 7.72. The molecule has 1 saturated heterocycles. The number of alkyl halides is 3. The highest BCUT2D eigenvalue weighted by molar-refractivity contribution is 8.00. The minimum absolute atomic E-state index is 0.0333. The third-order valence-electron chi connectivity index (χ3n) is 4.29. The smallest absolute Gasteiger partial charge is 0.353 e. The normalized spacial score (nSPS) is 28.3. The van der Waals surface area contributed by atoms with E-state index in [9.17, 15) is 18.0 Å². The van der Waals surface area contributed by atoms with Crippen molar-refractivity contribution in [3.05, 3.63) is 0 Å².